The first-order valence-corrected chi connectivity index (χ1v) is 8.60. The number of anilines is 1. The molecule has 0 bridgehead atoms. The molecule has 0 spiro atoms. The lowest BCUT2D eigenvalue weighted by Gasteiger charge is -2.12. The highest BCUT2D eigenvalue weighted by Crippen LogP contribution is 2.26. The SMILES string of the molecule is CSC(C)CCNS(=O)(=O)c1c(N)cccc1Cl. The molecule has 0 saturated heterocycles. The van der Waals surface area contributed by atoms with Crippen molar-refractivity contribution in [3.05, 3.63) is 23.2 Å². The molecule has 4 nitrogen and oxygen atoms in total. The van der Waals surface area contributed by atoms with Gasteiger partial charge in [0.25, 0.3) is 0 Å². The van der Waals surface area contributed by atoms with E-state index in [0.717, 1.165) is 6.42 Å². The zero-order chi connectivity index (χ0) is 13.8. The normalized spacial score (nSPS) is 13.5. The number of hydrogen-bond acceptors (Lipinski definition) is 4. The average Bonchev–Trinajstić information content (AvgIpc) is 2.27. The van der Waals surface area contributed by atoms with E-state index in [1.807, 2.05) is 13.2 Å². The predicted octanol–water partition coefficient (Wildman–Crippen LogP) is 2.34. The summed E-state index contributed by atoms with van der Waals surface area (Å²) in [5, 5.41) is 0.539. The van der Waals surface area contributed by atoms with Crippen LogP contribution in [0, 0.1) is 0 Å². The smallest absolute Gasteiger partial charge is 0.244 e. The summed E-state index contributed by atoms with van der Waals surface area (Å²) in [6.07, 6.45) is 2.75. The molecule has 1 unspecified atom stereocenters. The summed E-state index contributed by atoms with van der Waals surface area (Å²) < 4.78 is 26.6. The van der Waals surface area contributed by atoms with Crippen molar-refractivity contribution in [2.24, 2.45) is 0 Å². The fraction of sp³-hybridized carbons (Fsp3) is 0.455. The van der Waals surface area contributed by atoms with Crippen LogP contribution in [0.1, 0.15) is 13.3 Å². The third-order valence-corrected chi connectivity index (χ3v) is 5.56. The molecule has 7 heteroatoms. The lowest BCUT2D eigenvalue weighted by Crippen LogP contribution is -2.27. The molecule has 0 fully saturated rings. The van der Waals surface area contributed by atoms with Gasteiger partial charge in [0, 0.05) is 11.8 Å². The first-order valence-electron chi connectivity index (χ1n) is 5.45. The highest BCUT2D eigenvalue weighted by atomic mass is 35.5. The Balaban J connectivity index is 2.81. The Labute approximate surface area is 117 Å². The van der Waals surface area contributed by atoms with Crippen LogP contribution >= 0.6 is 23.4 Å². The van der Waals surface area contributed by atoms with Gasteiger partial charge in [0.2, 0.25) is 10.0 Å². The molecule has 1 aromatic rings. The topological polar surface area (TPSA) is 72.2 Å². The van der Waals surface area contributed by atoms with Crippen LogP contribution in [-0.2, 0) is 10.0 Å². The fourth-order valence-corrected chi connectivity index (χ4v) is 3.47. The molecular formula is C11H17ClN2O2S2. The van der Waals surface area contributed by atoms with E-state index in [9.17, 15) is 8.42 Å². The van der Waals surface area contributed by atoms with Gasteiger partial charge < -0.3 is 5.73 Å². The van der Waals surface area contributed by atoms with Crippen LogP contribution < -0.4 is 10.5 Å². The predicted molar refractivity (Wildman–Crippen MR) is 78.6 cm³/mol. The largest absolute Gasteiger partial charge is 0.398 e. The van der Waals surface area contributed by atoms with Crippen LogP contribution in [0.15, 0.2) is 23.1 Å². The number of rotatable bonds is 6. The van der Waals surface area contributed by atoms with Gasteiger partial charge in [0.15, 0.2) is 0 Å². The summed E-state index contributed by atoms with van der Waals surface area (Å²) >= 11 is 7.57. The van der Waals surface area contributed by atoms with Crippen molar-refractivity contribution in [3.63, 3.8) is 0 Å². The second-order valence-electron chi connectivity index (χ2n) is 3.89. The minimum atomic E-state index is -3.64. The molecule has 102 valence electrons. The first kappa shape index (κ1) is 15.6. The van der Waals surface area contributed by atoms with E-state index < -0.39 is 10.0 Å². The number of nitrogens with two attached hydrogens (primary N) is 1. The van der Waals surface area contributed by atoms with Crippen LogP contribution in [-0.4, -0.2) is 26.5 Å². The maximum atomic E-state index is 12.1. The molecule has 18 heavy (non-hydrogen) atoms. The molecule has 0 aliphatic heterocycles. The van der Waals surface area contributed by atoms with E-state index in [4.69, 9.17) is 17.3 Å². The van der Waals surface area contributed by atoms with Gasteiger partial charge in [-0.05, 0) is 24.8 Å². The summed E-state index contributed by atoms with van der Waals surface area (Å²) in [7, 11) is -3.64. The summed E-state index contributed by atoms with van der Waals surface area (Å²) in [4.78, 5) is -0.0385. The van der Waals surface area contributed by atoms with Crippen molar-refractivity contribution < 1.29 is 8.42 Å². The van der Waals surface area contributed by atoms with Gasteiger partial charge in [-0.25, -0.2) is 13.1 Å². The van der Waals surface area contributed by atoms with Crippen molar-refractivity contribution in [2.45, 2.75) is 23.5 Å². The van der Waals surface area contributed by atoms with Gasteiger partial charge in [-0.3, -0.25) is 0 Å². The fourth-order valence-electron chi connectivity index (χ4n) is 1.40. The molecule has 1 aromatic carbocycles. The van der Waals surface area contributed by atoms with Crippen LogP contribution in [0.2, 0.25) is 5.02 Å². The van der Waals surface area contributed by atoms with E-state index in [2.05, 4.69) is 4.72 Å². The third kappa shape index (κ3) is 4.05. The average molecular weight is 309 g/mol. The molecule has 0 aromatic heterocycles. The van der Waals surface area contributed by atoms with Crippen LogP contribution in [0.25, 0.3) is 0 Å². The second kappa shape index (κ2) is 6.65. The molecular weight excluding hydrogens is 292 g/mol. The number of thioether (sulfide) groups is 1. The first-order chi connectivity index (χ1) is 8.38. The van der Waals surface area contributed by atoms with Gasteiger partial charge in [0.05, 0.1) is 10.7 Å². The number of sulfonamides is 1. The quantitative estimate of drug-likeness (QED) is 0.791. The lowest BCUT2D eigenvalue weighted by molar-refractivity contribution is 0.579. The molecule has 0 saturated carbocycles. The molecule has 0 amide bonds. The Hall–Kier alpha value is -0.430. The van der Waals surface area contributed by atoms with Gasteiger partial charge in [-0.2, -0.15) is 11.8 Å². The molecule has 1 rings (SSSR count). The van der Waals surface area contributed by atoms with E-state index in [1.54, 1.807) is 17.8 Å². The Kier molecular flexibility index (Phi) is 5.78. The third-order valence-electron chi connectivity index (χ3n) is 2.51. The van der Waals surface area contributed by atoms with E-state index in [1.165, 1.54) is 12.1 Å². The Morgan fingerprint density at radius 3 is 2.72 bits per heavy atom. The Bertz CT molecular complexity index is 486. The molecule has 0 aliphatic carbocycles. The van der Waals surface area contributed by atoms with Crippen molar-refractivity contribution in [1.82, 2.24) is 4.72 Å². The Morgan fingerprint density at radius 2 is 2.17 bits per heavy atom. The number of benzene rings is 1. The lowest BCUT2D eigenvalue weighted by atomic mass is 10.3. The molecule has 0 radical (unpaired) electrons. The van der Waals surface area contributed by atoms with Crippen molar-refractivity contribution in [3.8, 4) is 0 Å². The van der Waals surface area contributed by atoms with Gasteiger partial charge >= 0.3 is 0 Å². The number of nitrogens with one attached hydrogen (secondary N) is 1. The van der Waals surface area contributed by atoms with Crippen LogP contribution in [0.4, 0.5) is 5.69 Å². The highest BCUT2D eigenvalue weighted by molar-refractivity contribution is 7.99. The molecule has 0 aliphatic rings. The van der Waals surface area contributed by atoms with E-state index in [0.29, 0.717) is 11.8 Å². The monoisotopic (exact) mass is 308 g/mol. The van der Waals surface area contributed by atoms with Gasteiger partial charge in [-0.15, -0.1) is 0 Å². The van der Waals surface area contributed by atoms with Crippen molar-refractivity contribution in [1.29, 1.82) is 0 Å². The standard InChI is InChI=1S/C11H17ClN2O2S2/c1-8(17-2)6-7-14-18(15,16)11-9(12)4-3-5-10(11)13/h3-5,8,14H,6-7,13H2,1-2H3. The number of hydrogen-bond donors (Lipinski definition) is 2. The summed E-state index contributed by atoms with van der Waals surface area (Å²) in [5.74, 6) is 0. The molecule has 3 N–H and O–H groups in total. The minimum Gasteiger partial charge on any atom is -0.398 e. The van der Waals surface area contributed by atoms with E-state index >= 15 is 0 Å². The second-order valence-corrected chi connectivity index (χ2v) is 7.28. The summed E-state index contributed by atoms with van der Waals surface area (Å²) in [6, 6.07) is 4.65. The summed E-state index contributed by atoms with van der Waals surface area (Å²) in [6.45, 7) is 2.41. The maximum absolute atomic E-state index is 12.1. The van der Waals surface area contributed by atoms with Crippen LogP contribution in [0.5, 0.6) is 0 Å². The van der Waals surface area contributed by atoms with Crippen molar-refractivity contribution in [2.75, 3.05) is 18.5 Å². The maximum Gasteiger partial charge on any atom is 0.244 e. The summed E-state index contributed by atoms with van der Waals surface area (Å²) in [5.41, 5.74) is 5.82. The zero-order valence-corrected chi connectivity index (χ0v) is 12.7. The van der Waals surface area contributed by atoms with Gasteiger partial charge in [0.1, 0.15) is 4.90 Å². The van der Waals surface area contributed by atoms with Gasteiger partial charge in [-0.1, -0.05) is 24.6 Å². The number of halogens is 1. The molecule has 0 heterocycles. The Morgan fingerprint density at radius 1 is 1.50 bits per heavy atom. The number of nitrogen functional groups attached to an aromatic ring is 1. The van der Waals surface area contributed by atoms with E-state index in [-0.39, 0.29) is 15.6 Å². The molecule has 1 atom stereocenters. The highest BCUT2D eigenvalue weighted by Gasteiger charge is 2.20. The zero-order valence-electron chi connectivity index (χ0n) is 10.3. The van der Waals surface area contributed by atoms with Crippen molar-refractivity contribution >= 4 is 39.1 Å². The van der Waals surface area contributed by atoms with Crippen LogP contribution in [0.3, 0.4) is 0 Å². The minimum absolute atomic E-state index is 0.0385.